The number of benzene rings is 1. The average molecular weight is 341 g/mol. The molecule has 132 valence electrons. The molecule has 1 aromatic carbocycles. The number of aromatic nitrogens is 2. The number of rotatable bonds is 5. The van der Waals surface area contributed by atoms with Gasteiger partial charge in [-0.05, 0) is 50.6 Å². The molecule has 0 spiro atoms. The third-order valence-electron chi connectivity index (χ3n) is 4.79. The van der Waals surface area contributed by atoms with Gasteiger partial charge in [-0.3, -0.25) is 19.7 Å². The SMILES string of the molecule is CN/N=C(\OC=O)C1CCN(C(C)c2ccc3nccnc3c2)CC1. The number of likely N-dealkylation sites (tertiary alicyclic amines) is 1. The van der Waals surface area contributed by atoms with Crippen molar-refractivity contribution in [1.82, 2.24) is 20.3 Å². The molecule has 2 heterocycles. The summed E-state index contributed by atoms with van der Waals surface area (Å²) in [6.45, 7) is 4.51. The van der Waals surface area contributed by atoms with Gasteiger partial charge in [-0.25, -0.2) is 0 Å². The second kappa shape index (κ2) is 8.02. The topological polar surface area (TPSA) is 79.7 Å². The summed E-state index contributed by atoms with van der Waals surface area (Å²) in [6, 6.07) is 6.56. The molecule has 1 saturated heterocycles. The summed E-state index contributed by atoms with van der Waals surface area (Å²) in [5, 5.41) is 4.08. The molecule has 0 amide bonds. The highest BCUT2D eigenvalue weighted by molar-refractivity contribution is 5.83. The lowest BCUT2D eigenvalue weighted by Gasteiger charge is -2.36. The first-order valence-electron chi connectivity index (χ1n) is 8.52. The molecule has 0 radical (unpaired) electrons. The van der Waals surface area contributed by atoms with Crippen molar-refractivity contribution < 1.29 is 9.53 Å². The zero-order valence-corrected chi connectivity index (χ0v) is 14.6. The number of carbonyl (C=O) groups excluding carboxylic acids is 1. The Morgan fingerprint density at radius 3 is 2.72 bits per heavy atom. The van der Waals surface area contributed by atoms with E-state index in [-0.39, 0.29) is 5.92 Å². The van der Waals surface area contributed by atoms with Crippen molar-refractivity contribution in [2.24, 2.45) is 11.0 Å². The van der Waals surface area contributed by atoms with E-state index in [1.54, 1.807) is 19.4 Å². The zero-order valence-electron chi connectivity index (χ0n) is 14.6. The van der Waals surface area contributed by atoms with Crippen LogP contribution in [0.25, 0.3) is 11.0 Å². The van der Waals surface area contributed by atoms with Gasteiger partial charge in [-0.1, -0.05) is 6.07 Å². The molecule has 0 aliphatic carbocycles. The zero-order chi connectivity index (χ0) is 17.6. The van der Waals surface area contributed by atoms with Crippen LogP contribution in [0.1, 0.15) is 31.4 Å². The monoisotopic (exact) mass is 341 g/mol. The quantitative estimate of drug-likeness (QED) is 0.388. The Hall–Kier alpha value is -2.54. The number of piperidine rings is 1. The van der Waals surface area contributed by atoms with E-state index < -0.39 is 0 Å². The first kappa shape index (κ1) is 17.3. The van der Waals surface area contributed by atoms with E-state index in [1.165, 1.54) is 5.56 Å². The highest BCUT2D eigenvalue weighted by Crippen LogP contribution is 2.28. The Kier molecular flexibility index (Phi) is 5.55. The molecule has 2 aromatic rings. The summed E-state index contributed by atoms with van der Waals surface area (Å²) < 4.78 is 5.02. The van der Waals surface area contributed by atoms with Crippen molar-refractivity contribution in [2.75, 3.05) is 20.1 Å². The molecule has 1 aromatic heterocycles. The molecule has 7 nitrogen and oxygen atoms in total. The van der Waals surface area contributed by atoms with Gasteiger partial charge in [-0.2, -0.15) is 0 Å². The lowest BCUT2D eigenvalue weighted by molar-refractivity contribution is -0.122. The van der Waals surface area contributed by atoms with Crippen molar-refractivity contribution in [3.63, 3.8) is 0 Å². The number of hydrogen-bond donors (Lipinski definition) is 1. The van der Waals surface area contributed by atoms with Gasteiger partial charge in [0, 0.05) is 31.4 Å². The van der Waals surface area contributed by atoms with E-state index in [4.69, 9.17) is 4.74 Å². The van der Waals surface area contributed by atoms with Gasteiger partial charge in [0.2, 0.25) is 5.90 Å². The van der Waals surface area contributed by atoms with Gasteiger partial charge in [0.15, 0.2) is 0 Å². The Bertz CT molecular complexity index is 756. The Labute approximate surface area is 147 Å². The summed E-state index contributed by atoms with van der Waals surface area (Å²) in [6.07, 6.45) is 5.25. The van der Waals surface area contributed by atoms with Crippen LogP contribution in [0.3, 0.4) is 0 Å². The molecule has 25 heavy (non-hydrogen) atoms. The smallest absolute Gasteiger partial charge is 0.299 e. The molecule has 0 bridgehead atoms. The lowest BCUT2D eigenvalue weighted by atomic mass is 9.94. The molecule has 1 unspecified atom stereocenters. The number of fused-ring (bicyclic) bond motifs is 1. The van der Waals surface area contributed by atoms with Gasteiger partial charge in [0.1, 0.15) is 0 Å². The predicted octanol–water partition coefficient (Wildman–Crippen LogP) is 2.11. The molecule has 3 rings (SSSR count). The molecule has 1 fully saturated rings. The van der Waals surface area contributed by atoms with Crippen LogP contribution in [0.5, 0.6) is 0 Å². The number of ether oxygens (including phenoxy) is 1. The fourth-order valence-corrected chi connectivity index (χ4v) is 3.36. The van der Waals surface area contributed by atoms with Gasteiger partial charge in [0.05, 0.1) is 11.0 Å². The Balaban J connectivity index is 1.67. The number of carbonyl (C=O) groups is 1. The number of hydrogen-bond acceptors (Lipinski definition) is 7. The lowest BCUT2D eigenvalue weighted by Crippen LogP contribution is -2.38. The maximum atomic E-state index is 10.6. The fourth-order valence-electron chi connectivity index (χ4n) is 3.36. The van der Waals surface area contributed by atoms with E-state index in [0.29, 0.717) is 18.4 Å². The van der Waals surface area contributed by atoms with Gasteiger partial charge < -0.3 is 10.2 Å². The fraction of sp³-hybridized carbons (Fsp3) is 0.444. The predicted molar refractivity (Wildman–Crippen MR) is 95.9 cm³/mol. The average Bonchev–Trinajstić information content (AvgIpc) is 2.67. The third-order valence-corrected chi connectivity index (χ3v) is 4.79. The first-order chi connectivity index (χ1) is 12.2. The van der Waals surface area contributed by atoms with Gasteiger partial charge in [0.25, 0.3) is 6.47 Å². The van der Waals surface area contributed by atoms with Gasteiger partial charge >= 0.3 is 0 Å². The minimum atomic E-state index is 0.170. The molecule has 7 heteroatoms. The maximum Gasteiger partial charge on any atom is 0.299 e. The van der Waals surface area contributed by atoms with Crippen molar-refractivity contribution in [2.45, 2.75) is 25.8 Å². The van der Waals surface area contributed by atoms with Crippen molar-refractivity contribution in [3.8, 4) is 0 Å². The Morgan fingerprint density at radius 2 is 2.04 bits per heavy atom. The van der Waals surface area contributed by atoms with Crippen LogP contribution in [0.15, 0.2) is 35.7 Å². The summed E-state index contributed by atoms with van der Waals surface area (Å²) in [5.74, 6) is 0.648. The van der Waals surface area contributed by atoms with Crippen molar-refractivity contribution in [1.29, 1.82) is 0 Å². The van der Waals surface area contributed by atoms with Crippen LogP contribution in [0, 0.1) is 5.92 Å². The second-order valence-corrected chi connectivity index (χ2v) is 6.18. The minimum Gasteiger partial charge on any atom is -0.412 e. The van der Waals surface area contributed by atoms with Crippen LogP contribution < -0.4 is 5.43 Å². The highest BCUT2D eigenvalue weighted by Gasteiger charge is 2.27. The van der Waals surface area contributed by atoms with Crippen molar-refractivity contribution >= 4 is 23.4 Å². The first-order valence-corrected chi connectivity index (χ1v) is 8.52. The molecular formula is C18H23N5O2. The molecule has 1 N–H and O–H groups in total. The van der Waals surface area contributed by atoms with Crippen LogP contribution >= 0.6 is 0 Å². The summed E-state index contributed by atoms with van der Waals surface area (Å²) >= 11 is 0. The molecule has 1 atom stereocenters. The highest BCUT2D eigenvalue weighted by atomic mass is 16.5. The van der Waals surface area contributed by atoms with E-state index in [9.17, 15) is 4.79 Å². The van der Waals surface area contributed by atoms with E-state index in [1.807, 2.05) is 6.07 Å². The van der Waals surface area contributed by atoms with Crippen LogP contribution in [-0.2, 0) is 9.53 Å². The molecule has 0 saturated carbocycles. The third kappa shape index (κ3) is 3.93. The van der Waals surface area contributed by atoms with Crippen LogP contribution in [-0.4, -0.2) is 47.4 Å². The molecular weight excluding hydrogens is 318 g/mol. The molecule has 1 aliphatic heterocycles. The normalized spacial score (nSPS) is 18.1. The van der Waals surface area contributed by atoms with E-state index in [2.05, 4.69) is 44.5 Å². The molecule has 1 aliphatic rings. The summed E-state index contributed by atoms with van der Waals surface area (Å²) in [5.41, 5.74) is 5.77. The van der Waals surface area contributed by atoms with E-state index >= 15 is 0 Å². The summed E-state index contributed by atoms with van der Waals surface area (Å²) in [7, 11) is 1.70. The Morgan fingerprint density at radius 1 is 1.32 bits per heavy atom. The largest absolute Gasteiger partial charge is 0.412 e. The van der Waals surface area contributed by atoms with Crippen LogP contribution in [0.4, 0.5) is 0 Å². The second-order valence-electron chi connectivity index (χ2n) is 6.18. The van der Waals surface area contributed by atoms with Crippen molar-refractivity contribution in [3.05, 3.63) is 36.2 Å². The number of nitrogens with zero attached hydrogens (tertiary/aromatic N) is 4. The minimum absolute atomic E-state index is 0.170. The number of nitrogens with one attached hydrogen (secondary N) is 1. The van der Waals surface area contributed by atoms with Gasteiger partial charge in [-0.15, -0.1) is 5.10 Å². The standard InChI is InChI=1S/C18H23N5O2/c1-13(15-3-4-16-17(11-15)21-8-7-20-16)23-9-5-14(6-10-23)18(22-19-2)25-12-24/h3-4,7-8,11-14,19H,5-6,9-10H2,1-2H3/b22-18-. The van der Waals surface area contributed by atoms with Crippen LogP contribution in [0.2, 0.25) is 0 Å². The maximum absolute atomic E-state index is 10.6. The summed E-state index contributed by atoms with van der Waals surface area (Å²) in [4.78, 5) is 21.8. The van der Waals surface area contributed by atoms with E-state index in [0.717, 1.165) is 37.0 Å². The number of hydrazone groups is 1.